The number of nitrogens with zero attached hydrogens (tertiary/aromatic N) is 4. The Hall–Kier alpha value is -2.74. The van der Waals surface area contributed by atoms with Crippen LogP contribution < -0.4 is 5.32 Å². The van der Waals surface area contributed by atoms with Crippen LogP contribution in [0, 0.1) is 11.7 Å². The van der Waals surface area contributed by atoms with E-state index in [0.29, 0.717) is 23.4 Å². The molecule has 0 saturated carbocycles. The van der Waals surface area contributed by atoms with Gasteiger partial charge in [-0.25, -0.2) is 4.68 Å². The molecule has 1 amide bonds. The summed E-state index contributed by atoms with van der Waals surface area (Å²) in [5.74, 6) is 0.724. The van der Waals surface area contributed by atoms with Crippen LogP contribution in [0.3, 0.4) is 0 Å². The minimum atomic E-state index is -0.124. The standard InChI is InChI=1S/C21H26N6OS/c1-13(2)26-18(23-24-21(26)29)11-12-22-20(28)19-15-8-6-10-17(15)27(25-19)16-9-5-4-7-14(16)3/h4-5,7,9,13H,6,8,10-12H2,1-3H3,(H,22,28)(H,24,29). The van der Waals surface area contributed by atoms with Crippen LogP contribution in [0.5, 0.6) is 0 Å². The number of para-hydroxylation sites is 1. The van der Waals surface area contributed by atoms with Gasteiger partial charge in [0.15, 0.2) is 10.5 Å². The number of aryl methyl sites for hydroxylation is 1. The van der Waals surface area contributed by atoms with E-state index < -0.39 is 0 Å². The summed E-state index contributed by atoms with van der Waals surface area (Å²) in [5, 5.41) is 14.8. The maximum Gasteiger partial charge on any atom is 0.272 e. The number of carbonyl (C=O) groups excluding carboxylic acids is 1. The molecule has 152 valence electrons. The number of carbonyl (C=O) groups is 1. The lowest BCUT2D eigenvalue weighted by atomic mass is 10.2. The molecule has 0 saturated heterocycles. The van der Waals surface area contributed by atoms with Crippen molar-refractivity contribution in [1.29, 1.82) is 0 Å². The minimum Gasteiger partial charge on any atom is -0.350 e. The van der Waals surface area contributed by atoms with Gasteiger partial charge >= 0.3 is 0 Å². The van der Waals surface area contributed by atoms with Crippen molar-refractivity contribution in [2.75, 3.05) is 6.54 Å². The normalized spacial score (nSPS) is 13.1. The van der Waals surface area contributed by atoms with Gasteiger partial charge in [0.05, 0.1) is 5.69 Å². The van der Waals surface area contributed by atoms with Crippen LogP contribution in [-0.2, 0) is 19.3 Å². The number of H-pyrrole nitrogens is 1. The Morgan fingerprint density at radius 2 is 2.10 bits per heavy atom. The number of benzene rings is 1. The Morgan fingerprint density at radius 3 is 2.86 bits per heavy atom. The largest absolute Gasteiger partial charge is 0.350 e. The van der Waals surface area contributed by atoms with Crippen molar-refractivity contribution in [3.8, 4) is 5.69 Å². The summed E-state index contributed by atoms with van der Waals surface area (Å²) in [7, 11) is 0. The lowest BCUT2D eigenvalue weighted by Crippen LogP contribution is -2.28. The fourth-order valence-electron chi connectivity index (χ4n) is 4.04. The third-order valence-electron chi connectivity index (χ3n) is 5.42. The molecule has 2 N–H and O–H groups in total. The quantitative estimate of drug-likeness (QED) is 0.610. The molecule has 1 aliphatic rings. The number of hydrogen-bond donors (Lipinski definition) is 2. The van der Waals surface area contributed by atoms with Crippen LogP contribution in [0.25, 0.3) is 5.69 Å². The Bertz CT molecular complexity index is 1110. The van der Waals surface area contributed by atoms with Crippen LogP contribution in [0.1, 0.15) is 59.4 Å². The van der Waals surface area contributed by atoms with E-state index in [1.54, 1.807) is 0 Å². The highest BCUT2D eigenvalue weighted by Crippen LogP contribution is 2.28. The van der Waals surface area contributed by atoms with Crippen molar-refractivity contribution >= 4 is 18.1 Å². The lowest BCUT2D eigenvalue weighted by molar-refractivity contribution is 0.0947. The van der Waals surface area contributed by atoms with Gasteiger partial charge in [0, 0.05) is 30.3 Å². The second kappa shape index (κ2) is 7.94. The summed E-state index contributed by atoms with van der Waals surface area (Å²) < 4.78 is 4.54. The highest BCUT2D eigenvalue weighted by atomic mass is 32.1. The smallest absolute Gasteiger partial charge is 0.272 e. The number of hydrogen-bond acceptors (Lipinski definition) is 4. The fourth-order valence-corrected chi connectivity index (χ4v) is 4.40. The predicted octanol–water partition coefficient (Wildman–Crippen LogP) is 3.48. The second-order valence-electron chi connectivity index (χ2n) is 7.74. The first-order valence-corrected chi connectivity index (χ1v) is 10.5. The number of amides is 1. The molecule has 0 fully saturated rings. The van der Waals surface area contributed by atoms with Gasteiger partial charge < -0.3 is 9.88 Å². The van der Waals surface area contributed by atoms with Crippen LogP contribution in [-0.4, -0.2) is 37.0 Å². The van der Waals surface area contributed by atoms with Crippen molar-refractivity contribution in [3.63, 3.8) is 0 Å². The van der Waals surface area contributed by atoms with Crippen molar-refractivity contribution in [1.82, 2.24) is 29.9 Å². The molecule has 8 heteroatoms. The molecule has 0 radical (unpaired) electrons. The summed E-state index contributed by atoms with van der Waals surface area (Å²) in [6.45, 7) is 6.68. The average molecular weight is 411 g/mol. The topological polar surface area (TPSA) is 80.5 Å². The van der Waals surface area contributed by atoms with E-state index >= 15 is 0 Å². The third kappa shape index (κ3) is 3.64. The van der Waals surface area contributed by atoms with Crippen LogP contribution in [0.2, 0.25) is 0 Å². The SMILES string of the molecule is Cc1ccccc1-n1nc(C(=O)NCCc2n[nH]c(=S)n2C(C)C)c2c1CCC2. The maximum absolute atomic E-state index is 12.9. The van der Waals surface area contributed by atoms with Gasteiger partial charge in [0.1, 0.15) is 5.82 Å². The monoisotopic (exact) mass is 410 g/mol. The molecule has 1 aromatic carbocycles. The van der Waals surface area contributed by atoms with Gasteiger partial charge in [-0.3, -0.25) is 9.89 Å². The van der Waals surface area contributed by atoms with E-state index in [1.165, 1.54) is 0 Å². The van der Waals surface area contributed by atoms with Crippen molar-refractivity contribution in [2.24, 2.45) is 0 Å². The molecule has 29 heavy (non-hydrogen) atoms. The van der Waals surface area contributed by atoms with Gasteiger partial charge in [0.25, 0.3) is 5.91 Å². The Balaban J connectivity index is 1.52. The molecule has 7 nitrogen and oxygen atoms in total. The van der Waals surface area contributed by atoms with Gasteiger partial charge in [-0.2, -0.15) is 10.2 Å². The number of aromatic amines is 1. The van der Waals surface area contributed by atoms with Crippen LogP contribution in [0.4, 0.5) is 0 Å². The average Bonchev–Trinajstić information content (AvgIpc) is 3.37. The number of fused-ring (bicyclic) bond motifs is 1. The molecule has 1 aliphatic carbocycles. The molecule has 4 rings (SSSR count). The van der Waals surface area contributed by atoms with E-state index in [1.807, 2.05) is 21.4 Å². The first-order chi connectivity index (χ1) is 14.0. The number of nitrogens with one attached hydrogen (secondary N) is 2. The molecule has 2 aromatic heterocycles. The first kappa shape index (κ1) is 19.6. The zero-order chi connectivity index (χ0) is 20.5. The molecule has 3 aromatic rings. The maximum atomic E-state index is 12.9. The number of rotatable bonds is 6. The fraction of sp³-hybridized carbons (Fsp3) is 0.429. The summed E-state index contributed by atoms with van der Waals surface area (Å²) in [6.07, 6.45) is 3.52. The van der Waals surface area contributed by atoms with Crippen molar-refractivity contribution in [3.05, 3.63) is 57.4 Å². The van der Waals surface area contributed by atoms with E-state index in [4.69, 9.17) is 17.3 Å². The van der Waals surface area contributed by atoms with Gasteiger partial charge in [-0.1, -0.05) is 18.2 Å². The third-order valence-corrected chi connectivity index (χ3v) is 5.70. The second-order valence-corrected chi connectivity index (χ2v) is 8.13. The highest BCUT2D eigenvalue weighted by molar-refractivity contribution is 7.71. The van der Waals surface area contributed by atoms with Crippen molar-refractivity contribution in [2.45, 2.75) is 52.5 Å². The molecule has 2 heterocycles. The summed E-state index contributed by atoms with van der Waals surface area (Å²) in [6, 6.07) is 8.37. The summed E-state index contributed by atoms with van der Waals surface area (Å²) in [4.78, 5) is 12.9. The highest BCUT2D eigenvalue weighted by Gasteiger charge is 2.27. The molecule has 0 bridgehead atoms. The zero-order valence-electron chi connectivity index (χ0n) is 17.0. The Kier molecular flexibility index (Phi) is 5.36. The zero-order valence-corrected chi connectivity index (χ0v) is 17.8. The molecule has 0 aliphatic heterocycles. The molecular weight excluding hydrogens is 384 g/mol. The molecule has 0 unspecified atom stereocenters. The summed E-state index contributed by atoms with van der Waals surface area (Å²) >= 11 is 5.29. The van der Waals surface area contributed by atoms with Crippen LogP contribution in [0.15, 0.2) is 24.3 Å². The molecule has 0 spiro atoms. The number of aromatic nitrogens is 5. The van der Waals surface area contributed by atoms with Crippen molar-refractivity contribution < 1.29 is 4.79 Å². The van der Waals surface area contributed by atoms with E-state index in [-0.39, 0.29) is 11.9 Å². The molecular formula is C21H26N6OS. The predicted molar refractivity (Wildman–Crippen MR) is 114 cm³/mol. The van der Waals surface area contributed by atoms with Gasteiger partial charge in [0.2, 0.25) is 0 Å². The Labute approximate surface area is 175 Å². The lowest BCUT2D eigenvalue weighted by Gasteiger charge is -2.10. The van der Waals surface area contributed by atoms with Crippen LogP contribution >= 0.6 is 12.2 Å². The van der Waals surface area contributed by atoms with E-state index in [0.717, 1.165) is 47.6 Å². The Morgan fingerprint density at radius 1 is 1.31 bits per heavy atom. The van der Waals surface area contributed by atoms with E-state index in [9.17, 15) is 4.79 Å². The van der Waals surface area contributed by atoms with E-state index in [2.05, 4.69) is 48.4 Å². The minimum absolute atomic E-state index is 0.124. The van der Waals surface area contributed by atoms with Gasteiger partial charge in [-0.15, -0.1) is 0 Å². The van der Waals surface area contributed by atoms with Gasteiger partial charge in [-0.05, 0) is 63.9 Å². The first-order valence-electron chi connectivity index (χ1n) is 10.1. The molecule has 0 atom stereocenters. The summed E-state index contributed by atoms with van der Waals surface area (Å²) in [5.41, 5.74) is 4.97.